The molecule has 1 aromatic carbocycles. The Hall–Kier alpha value is -1.58. The average Bonchev–Trinajstić information content (AvgIpc) is 2.37. The van der Waals surface area contributed by atoms with Crippen molar-refractivity contribution < 1.29 is 4.74 Å². The number of rotatable bonds is 4. The molecule has 0 amide bonds. The van der Waals surface area contributed by atoms with Gasteiger partial charge >= 0.3 is 0 Å². The van der Waals surface area contributed by atoms with Crippen LogP contribution in [-0.2, 0) is 0 Å². The monoisotopic (exact) mass is 248 g/mol. The lowest BCUT2D eigenvalue weighted by Gasteiger charge is -2.12. The third kappa shape index (κ3) is 3.44. The van der Waals surface area contributed by atoms with Crippen LogP contribution in [0.25, 0.3) is 0 Å². The molecule has 0 aliphatic rings. The van der Waals surface area contributed by atoms with Gasteiger partial charge in [-0.2, -0.15) is 0 Å². The number of aromatic nitrogens is 1. The molecule has 0 radical (unpaired) electrons. The van der Waals surface area contributed by atoms with Crippen molar-refractivity contribution in [2.24, 2.45) is 5.73 Å². The normalized spacial score (nSPS) is 12.1. The maximum absolute atomic E-state index is 6.00. The molecule has 1 aromatic heterocycles. The van der Waals surface area contributed by atoms with Crippen LogP contribution in [-0.4, -0.2) is 11.6 Å². The highest BCUT2D eigenvalue weighted by atomic mass is 35.5. The van der Waals surface area contributed by atoms with Crippen molar-refractivity contribution >= 4 is 11.6 Å². The van der Waals surface area contributed by atoms with E-state index in [2.05, 4.69) is 4.98 Å². The predicted octanol–water partition coefficient (Wildman–Crippen LogP) is 2.81. The predicted molar refractivity (Wildman–Crippen MR) is 68.1 cm³/mol. The lowest BCUT2D eigenvalue weighted by atomic mass is 10.1. The second-order valence-corrected chi connectivity index (χ2v) is 4.01. The first-order valence-corrected chi connectivity index (χ1v) is 5.69. The van der Waals surface area contributed by atoms with Crippen LogP contribution in [0.5, 0.6) is 5.88 Å². The molecule has 0 aliphatic carbocycles. The molecule has 17 heavy (non-hydrogen) atoms. The molecular formula is C13H13ClN2O. The molecule has 1 atom stereocenters. The zero-order valence-corrected chi connectivity index (χ0v) is 9.97. The van der Waals surface area contributed by atoms with E-state index in [0.717, 1.165) is 5.56 Å². The highest BCUT2D eigenvalue weighted by Crippen LogP contribution is 2.14. The molecule has 88 valence electrons. The fraction of sp³-hybridized carbons (Fsp3) is 0.154. The van der Waals surface area contributed by atoms with Crippen molar-refractivity contribution in [3.05, 3.63) is 59.2 Å². The van der Waals surface area contributed by atoms with Crippen LogP contribution in [0, 0.1) is 0 Å². The van der Waals surface area contributed by atoms with Gasteiger partial charge in [0.05, 0.1) is 6.04 Å². The van der Waals surface area contributed by atoms with Crippen molar-refractivity contribution in [2.45, 2.75) is 6.04 Å². The lowest BCUT2D eigenvalue weighted by Crippen LogP contribution is -2.19. The smallest absolute Gasteiger partial charge is 0.214 e. The molecule has 2 aromatic rings. The van der Waals surface area contributed by atoms with Gasteiger partial charge < -0.3 is 10.5 Å². The first-order valence-electron chi connectivity index (χ1n) is 5.31. The minimum absolute atomic E-state index is 0.169. The van der Waals surface area contributed by atoms with E-state index in [0.29, 0.717) is 17.6 Å². The maximum atomic E-state index is 6.00. The van der Waals surface area contributed by atoms with Crippen molar-refractivity contribution in [2.75, 3.05) is 6.61 Å². The molecule has 0 spiro atoms. The highest BCUT2D eigenvalue weighted by molar-refractivity contribution is 6.29. The zero-order chi connectivity index (χ0) is 12.1. The second kappa shape index (κ2) is 5.66. The number of pyridine rings is 1. The molecular weight excluding hydrogens is 236 g/mol. The van der Waals surface area contributed by atoms with Crippen molar-refractivity contribution in [1.82, 2.24) is 4.98 Å². The molecule has 2 rings (SSSR count). The number of nitrogens with zero attached hydrogens (tertiary/aromatic N) is 1. The summed E-state index contributed by atoms with van der Waals surface area (Å²) in [4.78, 5) is 4.03. The summed E-state index contributed by atoms with van der Waals surface area (Å²) in [7, 11) is 0. The fourth-order valence-electron chi connectivity index (χ4n) is 1.44. The summed E-state index contributed by atoms with van der Waals surface area (Å²) in [6.07, 6.45) is 0. The van der Waals surface area contributed by atoms with Gasteiger partial charge in [0.1, 0.15) is 11.8 Å². The van der Waals surface area contributed by atoms with E-state index in [-0.39, 0.29) is 6.04 Å². The summed E-state index contributed by atoms with van der Waals surface area (Å²) >= 11 is 5.75. The number of halogens is 1. The first-order chi connectivity index (χ1) is 8.25. The van der Waals surface area contributed by atoms with Crippen LogP contribution in [0.2, 0.25) is 5.15 Å². The van der Waals surface area contributed by atoms with E-state index in [4.69, 9.17) is 22.1 Å². The largest absolute Gasteiger partial charge is 0.476 e. The van der Waals surface area contributed by atoms with Gasteiger partial charge in [0.15, 0.2) is 0 Å². The van der Waals surface area contributed by atoms with Gasteiger partial charge in [0.2, 0.25) is 5.88 Å². The summed E-state index contributed by atoms with van der Waals surface area (Å²) in [6.45, 7) is 0.372. The van der Waals surface area contributed by atoms with Crippen LogP contribution >= 0.6 is 11.6 Å². The molecule has 1 heterocycles. The number of hydrogen-bond acceptors (Lipinski definition) is 3. The maximum Gasteiger partial charge on any atom is 0.214 e. The molecule has 2 N–H and O–H groups in total. The third-order valence-corrected chi connectivity index (χ3v) is 2.54. The van der Waals surface area contributed by atoms with Gasteiger partial charge in [-0.25, -0.2) is 4.98 Å². The third-order valence-electron chi connectivity index (χ3n) is 2.33. The van der Waals surface area contributed by atoms with Gasteiger partial charge in [-0.05, 0) is 11.6 Å². The summed E-state index contributed by atoms with van der Waals surface area (Å²) in [5, 5.41) is 0.413. The first kappa shape index (κ1) is 11.9. The Labute approximate surface area is 105 Å². The van der Waals surface area contributed by atoms with E-state index in [1.54, 1.807) is 18.2 Å². The van der Waals surface area contributed by atoms with Crippen LogP contribution in [0.4, 0.5) is 0 Å². The zero-order valence-electron chi connectivity index (χ0n) is 9.21. The molecule has 0 aliphatic heterocycles. The Morgan fingerprint density at radius 1 is 1.12 bits per heavy atom. The van der Waals surface area contributed by atoms with Gasteiger partial charge in [-0.3, -0.25) is 0 Å². The summed E-state index contributed by atoms with van der Waals surface area (Å²) in [5.41, 5.74) is 7.03. The van der Waals surface area contributed by atoms with E-state index < -0.39 is 0 Å². The molecule has 4 heteroatoms. The molecule has 0 bridgehead atoms. The number of hydrogen-bond donors (Lipinski definition) is 1. The van der Waals surface area contributed by atoms with Crippen LogP contribution in [0.15, 0.2) is 48.5 Å². The average molecular weight is 249 g/mol. The van der Waals surface area contributed by atoms with Crippen LogP contribution < -0.4 is 10.5 Å². The van der Waals surface area contributed by atoms with Gasteiger partial charge in [-0.15, -0.1) is 0 Å². The summed E-state index contributed by atoms with van der Waals surface area (Å²) < 4.78 is 5.48. The number of nitrogens with two attached hydrogens (primary N) is 1. The lowest BCUT2D eigenvalue weighted by molar-refractivity contribution is 0.280. The number of ether oxygens (including phenoxy) is 1. The molecule has 0 saturated carbocycles. The molecule has 0 unspecified atom stereocenters. The Kier molecular flexibility index (Phi) is 3.96. The number of benzene rings is 1. The SMILES string of the molecule is N[C@@H](COc1cccc(Cl)n1)c1ccccc1. The minimum Gasteiger partial charge on any atom is -0.476 e. The van der Waals surface area contributed by atoms with Gasteiger partial charge in [0.25, 0.3) is 0 Å². The van der Waals surface area contributed by atoms with Crippen molar-refractivity contribution in [3.8, 4) is 5.88 Å². The van der Waals surface area contributed by atoms with Crippen molar-refractivity contribution in [1.29, 1.82) is 0 Å². The summed E-state index contributed by atoms with van der Waals surface area (Å²) in [6, 6.07) is 14.9. The highest BCUT2D eigenvalue weighted by Gasteiger charge is 2.06. The minimum atomic E-state index is -0.169. The second-order valence-electron chi connectivity index (χ2n) is 3.63. The molecule has 3 nitrogen and oxygen atoms in total. The van der Waals surface area contributed by atoms with Gasteiger partial charge in [0, 0.05) is 6.07 Å². The van der Waals surface area contributed by atoms with Crippen molar-refractivity contribution in [3.63, 3.8) is 0 Å². The Morgan fingerprint density at radius 2 is 1.88 bits per heavy atom. The molecule has 0 fully saturated rings. The Balaban J connectivity index is 1.95. The molecule has 0 saturated heterocycles. The quantitative estimate of drug-likeness (QED) is 0.847. The fourth-order valence-corrected chi connectivity index (χ4v) is 1.60. The van der Waals surface area contributed by atoms with Gasteiger partial charge in [-0.1, -0.05) is 48.0 Å². The summed E-state index contributed by atoms with van der Waals surface area (Å²) in [5.74, 6) is 0.490. The van der Waals surface area contributed by atoms with E-state index in [1.807, 2.05) is 30.3 Å². The standard InChI is InChI=1S/C13H13ClN2O/c14-12-7-4-8-13(16-12)17-9-11(15)10-5-2-1-3-6-10/h1-8,11H,9,15H2/t11-/m0/s1. The van der Waals surface area contributed by atoms with Crippen LogP contribution in [0.3, 0.4) is 0 Å². The van der Waals surface area contributed by atoms with E-state index in [9.17, 15) is 0 Å². The van der Waals surface area contributed by atoms with Crippen LogP contribution in [0.1, 0.15) is 11.6 Å². The topological polar surface area (TPSA) is 48.1 Å². The Bertz CT molecular complexity index is 476. The van der Waals surface area contributed by atoms with E-state index >= 15 is 0 Å². The van der Waals surface area contributed by atoms with E-state index in [1.165, 1.54) is 0 Å². The Morgan fingerprint density at radius 3 is 2.59 bits per heavy atom.